The molecule has 0 aliphatic carbocycles. The first-order chi connectivity index (χ1) is 5.65. The predicted octanol–water partition coefficient (Wildman–Crippen LogP) is 1.86. The van der Waals surface area contributed by atoms with E-state index < -0.39 is 5.82 Å². The molecule has 0 spiro atoms. The summed E-state index contributed by atoms with van der Waals surface area (Å²) >= 11 is 5.48. The molecule has 0 radical (unpaired) electrons. The van der Waals surface area contributed by atoms with E-state index in [9.17, 15) is 4.39 Å². The molecule has 2 nitrogen and oxygen atoms in total. The molecule has 0 fully saturated rings. The molecule has 1 atom stereocenters. The Hall–Kier alpha value is -0.350. The average Bonchev–Trinajstić information content (AvgIpc) is 2.08. The number of benzene rings is 1. The Bertz CT molecular complexity index is 281. The Morgan fingerprint density at radius 2 is 2.08 bits per heavy atom. The van der Waals surface area contributed by atoms with Crippen LogP contribution < -0.4 is 11.5 Å². The molecule has 0 saturated heterocycles. The highest BCUT2D eigenvalue weighted by molar-refractivity contribution is 6.30. The third-order valence-electron chi connectivity index (χ3n) is 1.63. The molecule has 0 bridgehead atoms. The summed E-state index contributed by atoms with van der Waals surface area (Å²) in [5.41, 5.74) is 11.6. The lowest BCUT2D eigenvalue weighted by molar-refractivity contribution is 0.620. The molecule has 0 amide bonds. The van der Waals surface area contributed by atoms with E-state index in [-0.39, 0.29) is 23.5 Å². The van der Waals surface area contributed by atoms with Crippen LogP contribution in [0.3, 0.4) is 0 Å². The summed E-state index contributed by atoms with van der Waals surface area (Å²) < 4.78 is 12.8. The van der Waals surface area contributed by atoms with Crippen LogP contribution in [0, 0.1) is 5.82 Å². The molecule has 1 rings (SSSR count). The zero-order valence-corrected chi connectivity index (χ0v) is 8.41. The van der Waals surface area contributed by atoms with Gasteiger partial charge < -0.3 is 11.5 Å². The molecule has 13 heavy (non-hydrogen) atoms. The van der Waals surface area contributed by atoms with Crippen LogP contribution in [0.1, 0.15) is 11.6 Å². The Balaban J connectivity index is 0.00000144. The smallest absolute Gasteiger partial charge is 0.142 e. The van der Waals surface area contributed by atoms with Crippen LogP contribution in [0.2, 0.25) is 5.02 Å². The van der Waals surface area contributed by atoms with Gasteiger partial charge in [-0.25, -0.2) is 4.39 Å². The molecule has 74 valence electrons. The Morgan fingerprint density at radius 1 is 1.46 bits per heavy atom. The van der Waals surface area contributed by atoms with Crippen molar-refractivity contribution in [2.75, 3.05) is 6.54 Å². The monoisotopic (exact) mass is 224 g/mol. The highest BCUT2D eigenvalue weighted by Crippen LogP contribution is 2.18. The summed E-state index contributed by atoms with van der Waals surface area (Å²) in [7, 11) is 0. The second-order valence-corrected chi connectivity index (χ2v) is 2.92. The summed E-state index contributed by atoms with van der Waals surface area (Å²) in [6, 6.07) is 4.13. The van der Waals surface area contributed by atoms with E-state index >= 15 is 0 Å². The van der Waals surface area contributed by atoms with Crippen molar-refractivity contribution >= 4 is 24.0 Å². The largest absolute Gasteiger partial charge is 0.329 e. The minimum atomic E-state index is -0.460. The number of halogens is 3. The molecule has 0 aliphatic heterocycles. The van der Waals surface area contributed by atoms with Crippen molar-refractivity contribution in [1.82, 2.24) is 0 Å². The van der Waals surface area contributed by atoms with E-state index in [1.807, 2.05) is 0 Å². The van der Waals surface area contributed by atoms with Gasteiger partial charge >= 0.3 is 0 Å². The van der Waals surface area contributed by atoms with Crippen LogP contribution in [0.4, 0.5) is 4.39 Å². The van der Waals surface area contributed by atoms with Crippen molar-refractivity contribution < 1.29 is 4.39 Å². The molecule has 0 heterocycles. The number of hydrogen-bond donors (Lipinski definition) is 2. The second kappa shape index (κ2) is 5.40. The molecule has 0 unspecified atom stereocenters. The minimum absolute atomic E-state index is 0. The Morgan fingerprint density at radius 3 is 2.54 bits per heavy atom. The zero-order valence-electron chi connectivity index (χ0n) is 6.84. The normalized spacial score (nSPS) is 12.0. The van der Waals surface area contributed by atoms with Crippen molar-refractivity contribution in [2.45, 2.75) is 6.04 Å². The molecule has 0 saturated carbocycles. The number of nitrogens with two attached hydrogens (primary N) is 2. The van der Waals surface area contributed by atoms with Gasteiger partial charge in [-0.2, -0.15) is 0 Å². The van der Waals surface area contributed by atoms with E-state index in [1.54, 1.807) is 6.07 Å². The van der Waals surface area contributed by atoms with Gasteiger partial charge in [-0.3, -0.25) is 0 Å². The average molecular weight is 225 g/mol. The number of hydrogen-bond acceptors (Lipinski definition) is 2. The van der Waals surface area contributed by atoms with Crippen LogP contribution in [0.25, 0.3) is 0 Å². The SMILES string of the molecule is Cl.NC[C@@H](N)c1ccc(Cl)c(F)c1. The maximum Gasteiger partial charge on any atom is 0.142 e. The van der Waals surface area contributed by atoms with Crippen molar-refractivity contribution in [2.24, 2.45) is 11.5 Å². The maximum absolute atomic E-state index is 12.8. The molecule has 0 aromatic heterocycles. The summed E-state index contributed by atoms with van der Waals surface area (Å²) in [6.45, 7) is 0.293. The lowest BCUT2D eigenvalue weighted by Crippen LogP contribution is -2.20. The second-order valence-electron chi connectivity index (χ2n) is 2.52. The lowest BCUT2D eigenvalue weighted by Gasteiger charge is -2.08. The van der Waals surface area contributed by atoms with Crippen molar-refractivity contribution in [3.05, 3.63) is 34.6 Å². The van der Waals surface area contributed by atoms with Gasteiger partial charge in [-0.05, 0) is 17.7 Å². The molecule has 5 heteroatoms. The lowest BCUT2D eigenvalue weighted by atomic mass is 10.1. The highest BCUT2D eigenvalue weighted by atomic mass is 35.5. The van der Waals surface area contributed by atoms with E-state index in [2.05, 4.69) is 0 Å². The van der Waals surface area contributed by atoms with E-state index in [0.29, 0.717) is 12.1 Å². The van der Waals surface area contributed by atoms with Crippen LogP contribution in [-0.4, -0.2) is 6.54 Å². The van der Waals surface area contributed by atoms with E-state index in [1.165, 1.54) is 12.1 Å². The van der Waals surface area contributed by atoms with E-state index in [4.69, 9.17) is 23.1 Å². The van der Waals surface area contributed by atoms with Crippen molar-refractivity contribution in [1.29, 1.82) is 0 Å². The predicted molar refractivity (Wildman–Crippen MR) is 54.6 cm³/mol. The van der Waals surface area contributed by atoms with Gasteiger partial charge in [0.2, 0.25) is 0 Å². The molecule has 1 aromatic carbocycles. The van der Waals surface area contributed by atoms with Crippen LogP contribution >= 0.6 is 24.0 Å². The van der Waals surface area contributed by atoms with Gasteiger partial charge in [0, 0.05) is 12.6 Å². The fourth-order valence-corrected chi connectivity index (χ4v) is 0.997. The highest BCUT2D eigenvalue weighted by Gasteiger charge is 2.06. The third kappa shape index (κ3) is 3.12. The summed E-state index contributed by atoms with van der Waals surface area (Å²) in [4.78, 5) is 0. The van der Waals surface area contributed by atoms with Gasteiger partial charge in [0.05, 0.1) is 5.02 Å². The Labute approximate surface area is 87.5 Å². The fraction of sp³-hybridized carbons (Fsp3) is 0.250. The first kappa shape index (κ1) is 12.7. The van der Waals surface area contributed by atoms with Crippen LogP contribution in [-0.2, 0) is 0 Å². The fourth-order valence-electron chi connectivity index (χ4n) is 0.879. The third-order valence-corrected chi connectivity index (χ3v) is 1.93. The Kier molecular flexibility index (Phi) is 5.25. The van der Waals surface area contributed by atoms with E-state index in [0.717, 1.165) is 0 Å². The van der Waals surface area contributed by atoms with Gasteiger partial charge in [-0.1, -0.05) is 17.7 Å². The van der Waals surface area contributed by atoms with Crippen molar-refractivity contribution in [3.63, 3.8) is 0 Å². The van der Waals surface area contributed by atoms with Gasteiger partial charge in [-0.15, -0.1) is 12.4 Å². The van der Waals surface area contributed by atoms with Crippen molar-refractivity contribution in [3.8, 4) is 0 Å². The first-order valence-corrected chi connectivity index (χ1v) is 3.93. The first-order valence-electron chi connectivity index (χ1n) is 3.55. The van der Waals surface area contributed by atoms with Crippen LogP contribution in [0.15, 0.2) is 18.2 Å². The van der Waals surface area contributed by atoms with Gasteiger partial charge in [0.15, 0.2) is 0 Å². The molecular weight excluding hydrogens is 214 g/mol. The topological polar surface area (TPSA) is 52.0 Å². The molecule has 1 aromatic rings. The standard InChI is InChI=1S/C8H10ClFN2.ClH/c9-6-2-1-5(3-7(6)10)8(12)4-11;/h1-3,8H,4,11-12H2;1H/t8-;/m1./s1. The van der Waals surface area contributed by atoms with Crippen LogP contribution in [0.5, 0.6) is 0 Å². The summed E-state index contributed by atoms with van der Waals surface area (Å²) in [6.07, 6.45) is 0. The minimum Gasteiger partial charge on any atom is -0.329 e. The van der Waals surface area contributed by atoms with Gasteiger partial charge in [0.1, 0.15) is 5.82 Å². The van der Waals surface area contributed by atoms with Gasteiger partial charge in [0.25, 0.3) is 0 Å². The molecule has 0 aliphatic rings. The quantitative estimate of drug-likeness (QED) is 0.807. The maximum atomic E-state index is 12.8. The molecule has 4 N–H and O–H groups in total. The number of rotatable bonds is 2. The molecular formula is C8H11Cl2FN2. The summed E-state index contributed by atoms with van der Waals surface area (Å²) in [5, 5.41) is 0.1000. The zero-order chi connectivity index (χ0) is 9.14. The summed E-state index contributed by atoms with van der Waals surface area (Å²) in [5.74, 6) is -0.460.